The van der Waals surface area contributed by atoms with Crippen molar-refractivity contribution in [1.29, 1.82) is 0 Å². The maximum atomic E-state index is 13.1. The molecule has 0 unspecified atom stereocenters. The van der Waals surface area contributed by atoms with Gasteiger partial charge in [-0.2, -0.15) is 18.3 Å². The summed E-state index contributed by atoms with van der Waals surface area (Å²) in [5.41, 5.74) is -0.154. The van der Waals surface area contributed by atoms with Gasteiger partial charge in [-0.3, -0.25) is 0 Å². The van der Waals surface area contributed by atoms with Gasteiger partial charge in [0.05, 0.1) is 11.3 Å². The lowest BCUT2D eigenvalue weighted by atomic mass is 10.1. The first-order valence-electron chi connectivity index (χ1n) is 5.49. The molecule has 0 atom stereocenters. The first kappa shape index (κ1) is 14.0. The normalized spacial score (nSPS) is 11.9. The monoisotopic (exact) mass is 333 g/mol. The lowest BCUT2D eigenvalue weighted by molar-refractivity contribution is -0.137. The highest BCUT2D eigenvalue weighted by Crippen LogP contribution is 2.35. The van der Waals surface area contributed by atoms with Crippen LogP contribution >= 0.6 is 15.9 Å². The third-order valence-electron chi connectivity index (χ3n) is 2.62. The third kappa shape index (κ3) is 2.80. The van der Waals surface area contributed by atoms with Crippen molar-refractivity contribution in [2.24, 2.45) is 0 Å². The van der Waals surface area contributed by atoms with Gasteiger partial charge in [0.1, 0.15) is 11.6 Å². The lowest BCUT2D eigenvalue weighted by Gasteiger charge is -2.14. The summed E-state index contributed by atoms with van der Waals surface area (Å²) in [7, 11) is 0. The van der Waals surface area contributed by atoms with Crippen molar-refractivity contribution in [3.63, 3.8) is 0 Å². The summed E-state index contributed by atoms with van der Waals surface area (Å²) in [5.74, 6) is 0.866. The van der Waals surface area contributed by atoms with Gasteiger partial charge in [-0.05, 0) is 31.5 Å². The number of aryl methyl sites for hydroxylation is 2. The molecule has 0 saturated heterocycles. The largest absolute Gasteiger partial charge is 0.418 e. The van der Waals surface area contributed by atoms with Crippen LogP contribution in [0.25, 0.3) is 5.69 Å². The van der Waals surface area contributed by atoms with Gasteiger partial charge in [0.15, 0.2) is 0 Å². The predicted molar refractivity (Wildman–Crippen MR) is 68.5 cm³/mol. The average molecular weight is 334 g/mol. The molecule has 1 aromatic heterocycles. The molecule has 2 aromatic rings. The summed E-state index contributed by atoms with van der Waals surface area (Å²) in [6.07, 6.45) is -4.43. The molecule has 0 bridgehead atoms. The number of hydrogen-bond acceptors (Lipinski definition) is 2. The molecule has 0 aliphatic heterocycles. The van der Waals surface area contributed by atoms with Crippen molar-refractivity contribution in [3.05, 3.63) is 41.0 Å². The van der Waals surface area contributed by atoms with Crippen LogP contribution in [0.1, 0.15) is 22.8 Å². The molecular weight excluding hydrogens is 323 g/mol. The van der Waals surface area contributed by atoms with Crippen molar-refractivity contribution < 1.29 is 13.2 Å². The molecule has 102 valence electrons. The first-order chi connectivity index (χ1) is 8.82. The van der Waals surface area contributed by atoms with E-state index in [9.17, 15) is 13.2 Å². The Morgan fingerprint density at radius 1 is 1.26 bits per heavy atom. The number of rotatable bonds is 2. The van der Waals surface area contributed by atoms with E-state index in [1.54, 1.807) is 19.9 Å². The van der Waals surface area contributed by atoms with Gasteiger partial charge >= 0.3 is 6.18 Å². The SMILES string of the molecule is Cc1nc(C)n(-c2ccc(CBr)cc2C(F)(F)F)n1. The Balaban J connectivity index is 2.66. The Morgan fingerprint density at radius 2 is 1.95 bits per heavy atom. The van der Waals surface area contributed by atoms with Crippen LogP contribution in [0.5, 0.6) is 0 Å². The standard InChI is InChI=1S/C12H11BrF3N3/c1-7-17-8(2)19(18-7)11-4-3-9(6-13)5-10(11)12(14,15)16/h3-5H,6H2,1-2H3. The second-order valence-electron chi connectivity index (χ2n) is 4.10. The van der Waals surface area contributed by atoms with E-state index in [4.69, 9.17) is 0 Å². The smallest absolute Gasteiger partial charge is 0.217 e. The molecule has 0 amide bonds. The zero-order valence-electron chi connectivity index (χ0n) is 10.3. The Morgan fingerprint density at radius 3 is 2.42 bits per heavy atom. The Hall–Kier alpha value is -1.37. The summed E-state index contributed by atoms with van der Waals surface area (Å²) in [6.45, 7) is 3.27. The van der Waals surface area contributed by atoms with E-state index in [2.05, 4.69) is 26.0 Å². The molecule has 0 aliphatic carbocycles. The molecule has 1 aromatic carbocycles. The van der Waals surface area contributed by atoms with Crippen LogP contribution in [0.15, 0.2) is 18.2 Å². The maximum Gasteiger partial charge on any atom is 0.418 e. The molecule has 0 N–H and O–H groups in total. The van der Waals surface area contributed by atoms with Crippen molar-refractivity contribution in [1.82, 2.24) is 14.8 Å². The van der Waals surface area contributed by atoms with E-state index >= 15 is 0 Å². The van der Waals surface area contributed by atoms with E-state index < -0.39 is 11.7 Å². The Kier molecular flexibility index (Phi) is 3.66. The van der Waals surface area contributed by atoms with Crippen LogP contribution in [0.2, 0.25) is 0 Å². The van der Waals surface area contributed by atoms with Gasteiger partial charge in [0.2, 0.25) is 0 Å². The highest BCUT2D eigenvalue weighted by atomic mass is 79.9. The minimum absolute atomic E-state index is 0.00435. The molecule has 0 aliphatic rings. The molecule has 0 fully saturated rings. The molecule has 7 heteroatoms. The minimum Gasteiger partial charge on any atom is -0.217 e. The fourth-order valence-corrected chi connectivity index (χ4v) is 2.18. The van der Waals surface area contributed by atoms with Crippen LogP contribution < -0.4 is 0 Å². The lowest BCUT2D eigenvalue weighted by Crippen LogP contribution is -2.13. The third-order valence-corrected chi connectivity index (χ3v) is 3.27. The number of nitrogens with zero attached hydrogens (tertiary/aromatic N) is 3. The van der Waals surface area contributed by atoms with Crippen LogP contribution in [0.4, 0.5) is 13.2 Å². The molecule has 1 heterocycles. The summed E-state index contributed by atoms with van der Waals surface area (Å²) >= 11 is 3.16. The zero-order valence-corrected chi connectivity index (χ0v) is 11.9. The number of benzene rings is 1. The predicted octanol–water partition coefficient (Wildman–Crippen LogP) is 3.80. The fourth-order valence-electron chi connectivity index (χ4n) is 1.83. The maximum absolute atomic E-state index is 13.1. The van der Waals surface area contributed by atoms with Crippen LogP contribution in [0, 0.1) is 13.8 Å². The molecule has 3 nitrogen and oxygen atoms in total. The van der Waals surface area contributed by atoms with E-state index in [1.165, 1.54) is 10.7 Å². The minimum atomic E-state index is -4.43. The van der Waals surface area contributed by atoms with Crippen molar-refractivity contribution >= 4 is 15.9 Å². The highest BCUT2D eigenvalue weighted by Gasteiger charge is 2.34. The Bertz CT molecular complexity index is 605. The van der Waals surface area contributed by atoms with Gasteiger partial charge in [-0.15, -0.1) is 0 Å². The van der Waals surface area contributed by atoms with Crippen LogP contribution in [0.3, 0.4) is 0 Å². The summed E-state index contributed by atoms with van der Waals surface area (Å²) in [5, 5.41) is 4.37. The van der Waals surface area contributed by atoms with E-state index in [1.807, 2.05) is 0 Å². The van der Waals surface area contributed by atoms with Gasteiger partial charge in [0, 0.05) is 5.33 Å². The van der Waals surface area contributed by atoms with Crippen LogP contribution in [-0.2, 0) is 11.5 Å². The summed E-state index contributed by atoms with van der Waals surface area (Å²) in [4.78, 5) is 4.03. The van der Waals surface area contributed by atoms with E-state index in [0.717, 1.165) is 6.07 Å². The fraction of sp³-hybridized carbons (Fsp3) is 0.333. The van der Waals surface area contributed by atoms with Gasteiger partial charge < -0.3 is 0 Å². The number of hydrogen-bond donors (Lipinski definition) is 0. The first-order valence-corrected chi connectivity index (χ1v) is 6.62. The topological polar surface area (TPSA) is 30.7 Å². The van der Waals surface area contributed by atoms with Crippen LogP contribution in [-0.4, -0.2) is 14.8 Å². The molecule has 19 heavy (non-hydrogen) atoms. The molecule has 0 radical (unpaired) electrons. The van der Waals surface area contributed by atoms with Crippen molar-refractivity contribution in [2.45, 2.75) is 25.4 Å². The van der Waals surface area contributed by atoms with Gasteiger partial charge in [-0.25, -0.2) is 9.67 Å². The molecule has 0 spiro atoms. The van der Waals surface area contributed by atoms with Crippen molar-refractivity contribution in [2.75, 3.05) is 0 Å². The summed E-state index contributed by atoms with van der Waals surface area (Å²) in [6, 6.07) is 4.18. The number of aromatic nitrogens is 3. The molecular formula is C12H11BrF3N3. The number of halogens is 4. The van der Waals surface area contributed by atoms with Gasteiger partial charge in [-0.1, -0.05) is 22.0 Å². The highest BCUT2D eigenvalue weighted by molar-refractivity contribution is 9.08. The summed E-state index contributed by atoms with van der Waals surface area (Å²) < 4.78 is 40.6. The Labute approximate surface area is 116 Å². The molecule has 2 rings (SSSR count). The molecule has 0 saturated carbocycles. The van der Waals surface area contributed by atoms with Crippen molar-refractivity contribution in [3.8, 4) is 5.69 Å². The quantitative estimate of drug-likeness (QED) is 0.782. The second kappa shape index (κ2) is 4.96. The van der Waals surface area contributed by atoms with Gasteiger partial charge in [0.25, 0.3) is 0 Å². The average Bonchev–Trinajstić information content (AvgIpc) is 2.66. The van der Waals surface area contributed by atoms with E-state index in [-0.39, 0.29) is 5.69 Å². The van der Waals surface area contributed by atoms with E-state index in [0.29, 0.717) is 22.5 Å². The second-order valence-corrected chi connectivity index (χ2v) is 4.66. The zero-order chi connectivity index (χ0) is 14.2. The number of alkyl halides is 4.